The van der Waals surface area contributed by atoms with Crippen LogP contribution in [0.25, 0.3) is 0 Å². The van der Waals surface area contributed by atoms with Gasteiger partial charge >= 0.3 is 0 Å². The highest BCUT2D eigenvalue weighted by molar-refractivity contribution is 7.85. The third-order valence-corrected chi connectivity index (χ3v) is 0.800. The minimum absolute atomic E-state index is 0. The molecule has 0 fully saturated rings. The van der Waals surface area contributed by atoms with Gasteiger partial charge in [-0.05, 0) is 0 Å². The van der Waals surface area contributed by atoms with Gasteiger partial charge in [0, 0.05) is 7.11 Å². The Balaban J connectivity index is 0. The van der Waals surface area contributed by atoms with Crippen molar-refractivity contribution < 1.29 is 17.7 Å². The predicted molar refractivity (Wildman–Crippen MR) is 28.4 cm³/mol. The molecule has 0 heterocycles. The van der Waals surface area contributed by atoms with Crippen molar-refractivity contribution >= 4 is 10.1 Å². The lowest BCUT2D eigenvalue weighted by atomic mass is 11.5. The van der Waals surface area contributed by atoms with E-state index in [4.69, 9.17) is 4.55 Å². The molecular weight excluding hydrogens is 134 g/mol. The van der Waals surface area contributed by atoms with Gasteiger partial charge in [-0.2, -0.15) is 8.42 Å². The summed E-state index contributed by atoms with van der Waals surface area (Å²) in [5.41, 5.74) is 0. The molecule has 6 heteroatoms. The summed E-state index contributed by atoms with van der Waals surface area (Å²) < 4.78 is 31.3. The van der Waals surface area contributed by atoms with E-state index >= 15 is 0 Å². The van der Waals surface area contributed by atoms with E-state index < -0.39 is 16.1 Å². The Bertz CT molecular complexity index is 127. The molecule has 0 aliphatic carbocycles. The predicted octanol–water partition coefficient (Wildman–Crippen LogP) is -0.360. The Labute approximate surface area is 48.0 Å². The Kier molecular flexibility index (Phi) is 5.09. The first kappa shape index (κ1) is 10.7. The summed E-state index contributed by atoms with van der Waals surface area (Å²) in [5.74, 6) is -0.632. The molecule has 5 nitrogen and oxygen atoms in total. The molecular formula is C2H9NO4S. The fraction of sp³-hybridized carbons (Fsp3) is 1.00. The molecule has 0 aliphatic heterocycles. The summed E-state index contributed by atoms with van der Waals surface area (Å²) in [7, 11) is -2.71. The molecule has 52 valence electrons. The highest BCUT2D eigenvalue weighted by atomic mass is 32.2. The van der Waals surface area contributed by atoms with E-state index in [0.29, 0.717) is 0 Å². The van der Waals surface area contributed by atoms with Crippen molar-refractivity contribution in [1.82, 2.24) is 6.15 Å². The number of rotatable bonds is 2. The van der Waals surface area contributed by atoms with Gasteiger partial charge in [-0.25, -0.2) is 0 Å². The number of hydrogen-bond donors (Lipinski definition) is 2. The van der Waals surface area contributed by atoms with Gasteiger partial charge in [0.25, 0.3) is 10.1 Å². The van der Waals surface area contributed by atoms with E-state index in [2.05, 4.69) is 4.74 Å². The lowest BCUT2D eigenvalue weighted by molar-refractivity contribution is 0.240. The van der Waals surface area contributed by atoms with E-state index in [1.807, 2.05) is 0 Å². The molecule has 0 spiro atoms. The van der Waals surface area contributed by atoms with Crippen LogP contribution in [0.4, 0.5) is 0 Å². The van der Waals surface area contributed by atoms with E-state index in [0.717, 1.165) is 0 Å². The standard InChI is InChI=1S/C2H6O4S.H3N/c1-6-2-7(3,4)5;/h2H2,1H3,(H,3,4,5);1H3. The first-order chi connectivity index (χ1) is 3.06. The molecule has 0 aromatic heterocycles. The third kappa shape index (κ3) is 9.27. The fourth-order valence-electron chi connectivity index (χ4n) is 0.149. The highest BCUT2D eigenvalue weighted by Gasteiger charge is 1.98. The Morgan fingerprint density at radius 2 is 2.00 bits per heavy atom. The SMILES string of the molecule is COCS(=O)(=O)O.N. The monoisotopic (exact) mass is 143 g/mol. The highest BCUT2D eigenvalue weighted by Crippen LogP contribution is 1.78. The molecule has 0 atom stereocenters. The number of hydrogen-bond acceptors (Lipinski definition) is 4. The van der Waals surface area contributed by atoms with Crippen LogP contribution in [-0.4, -0.2) is 26.0 Å². The number of ether oxygens (including phenoxy) is 1. The van der Waals surface area contributed by atoms with Gasteiger partial charge in [0.2, 0.25) is 0 Å². The Hall–Kier alpha value is -0.170. The van der Waals surface area contributed by atoms with Crippen LogP contribution in [0.5, 0.6) is 0 Å². The van der Waals surface area contributed by atoms with Gasteiger partial charge in [0.1, 0.15) is 0 Å². The van der Waals surface area contributed by atoms with Crippen molar-refractivity contribution in [3.63, 3.8) is 0 Å². The maximum Gasteiger partial charge on any atom is 0.289 e. The third-order valence-electron chi connectivity index (χ3n) is 0.267. The molecule has 0 saturated carbocycles. The molecule has 0 radical (unpaired) electrons. The largest absolute Gasteiger partial charge is 0.366 e. The zero-order chi connectivity index (χ0) is 5.91. The van der Waals surface area contributed by atoms with Crippen molar-refractivity contribution in [2.75, 3.05) is 13.0 Å². The summed E-state index contributed by atoms with van der Waals surface area (Å²) in [6.07, 6.45) is 0. The molecule has 0 unspecified atom stereocenters. The second-order valence-electron chi connectivity index (χ2n) is 0.988. The molecule has 0 aromatic rings. The summed E-state index contributed by atoms with van der Waals surface area (Å²) >= 11 is 0. The zero-order valence-electron chi connectivity index (χ0n) is 4.49. The Morgan fingerprint density at radius 1 is 1.62 bits per heavy atom. The first-order valence-corrected chi connectivity index (χ1v) is 3.11. The first-order valence-electron chi connectivity index (χ1n) is 1.50. The normalized spacial score (nSPS) is 10.2. The van der Waals surface area contributed by atoms with E-state index in [-0.39, 0.29) is 6.15 Å². The molecule has 0 bridgehead atoms. The van der Waals surface area contributed by atoms with Crippen molar-refractivity contribution in [1.29, 1.82) is 0 Å². The van der Waals surface area contributed by atoms with Crippen LogP contribution in [0.15, 0.2) is 0 Å². The lowest BCUT2D eigenvalue weighted by Gasteiger charge is -1.88. The van der Waals surface area contributed by atoms with Gasteiger partial charge in [-0.1, -0.05) is 0 Å². The van der Waals surface area contributed by atoms with Crippen LogP contribution in [0.3, 0.4) is 0 Å². The van der Waals surface area contributed by atoms with E-state index in [1.54, 1.807) is 0 Å². The van der Waals surface area contributed by atoms with E-state index in [1.165, 1.54) is 7.11 Å². The summed E-state index contributed by atoms with van der Waals surface area (Å²) in [4.78, 5) is 0. The molecule has 0 rings (SSSR count). The average Bonchev–Trinajstić information content (AvgIpc) is 1.30. The van der Waals surface area contributed by atoms with Crippen LogP contribution in [-0.2, 0) is 14.9 Å². The van der Waals surface area contributed by atoms with Crippen LogP contribution >= 0.6 is 0 Å². The average molecular weight is 143 g/mol. The van der Waals surface area contributed by atoms with Gasteiger partial charge < -0.3 is 10.9 Å². The molecule has 8 heavy (non-hydrogen) atoms. The molecule has 0 amide bonds. The van der Waals surface area contributed by atoms with Gasteiger partial charge in [0.05, 0.1) is 0 Å². The molecule has 0 saturated heterocycles. The lowest BCUT2D eigenvalue weighted by Crippen LogP contribution is -2.04. The van der Waals surface area contributed by atoms with Crippen LogP contribution in [0.1, 0.15) is 0 Å². The minimum Gasteiger partial charge on any atom is -0.366 e. The van der Waals surface area contributed by atoms with Gasteiger partial charge in [-0.3, -0.25) is 4.55 Å². The van der Waals surface area contributed by atoms with Gasteiger partial charge in [0.15, 0.2) is 5.94 Å². The second kappa shape index (κ2) is 3.79. The maximum atomic E-state index is 9.66. The van der Waals surface area contributed by atoms with E-state index in [9.17, 15) is 8.42 Å². The van der Waals surface area contributed by atoms with Crippen molar-refractivity contribution in [2.24, 2.45) is 0 Å². The van der Waals surface area contributed by atoms with Crippen molar-refractivity contribution in [2.45, 2.75) is 0 Å². The quantitative estimate of drug-likeness (QED) is 0.514. The Morgan fingerprint density at radius 3 is 2.00 bits per heavy atom. The zero-order valence-corrected chi connectivity index (χ0v) is 5.31. The van der Waals surface area contributed by atoms with Crippen molar-refractivity contribution in [3.8, 4) is 0 Å². The fourth-order valence-corrected chi connectivity index (χ4v) is 0.447. The number of methoxy groups -OCH3 is 1. The topological polar surface area (TPSA) is 98.6 Å². The molecule has 0 aromatic carbocycles. The van der Waals surface area contributed by atoms with Crippen LogP contribution < -0.4 is 6.15 Å². The summed E-state index contributed by atoms with van der Waals surface area (Å²) in [5, 5.41) is 0. The minimum atomic E-state index is -3.90. The molecule has 0 aliphatic rings. The van der Waals surface area contributed by atoms with Crippen LogP contribution in [0.2, 0.25) is 0 Å². The smallest absolute Gasteiger partial charge is 0.289 e. The van der Waals surface area contributed by atoms with Crippen molar-refractivity contribution in [3.05, 3.63) is 0 Å². The maximum absolute atomic E-state index is 9.66. The molecule has 4 N–H and O–H groups in total. The van der Waals surface area contributed by atoms with Crippen LogP contribution in [0, 0.1) is 0 Å². The second-order valence-corrected chi connectivity index (χ2v) is 2.39. The summed E-state index contributed by atoms with van der Waals surface area (Å²) in [6.45, 7) is 0. The van der Waals surface area contributed by atoms with Gasteiger partial charge in [-0.15, -0.1) is 0 Å². The summed E-state index contributed by atoms with van der Waals surface area (Å²) in [6, 6.07) is 0.